The van der Waals surface area contributed by atoms with Crippen LogP contribution in [-0.2, 0) is 0 Å². The number of hydrogen-bond donors (Lipinski definition) is 0. The number of rotatable bonds is 2. The van der Waals surface area contributed by atoms with Crippen molar-refractivity contribution in [3.05, 3.63) is 69.6 Å². The molecule has 0 saturated carbocycles. The van der Waals surface area contributed by atoms with E-state index >= 15 is 0 Å². The van der Waals surface area contributed by atoms with Crippen LogP contribution < -0.4 is 4.80 Å². The number of benzene rings is 2. The largest absolute Gasteiger partial charge is 0.285 e. The normalized spacial score (nSPS) is 11.3. The first-order chi connectivity index (χ1) is 10.2. The molecule has 0 spiro atoms. The molecule has 114 valence electrons. The highest BCUT2D eigenvalue weighted by molar-refractivity contribution is 8.93. The molecule has 0 aliphatic heterocycles. The third-order valence-electron chi connectivity index (χ3n) is 3.13. The lowest BCUT2D eigenvalue weighted by molar-refractivity contribution is 0.628. The summed E-state index contributed by atoms with van der Waals surface area (Å²) >= 11 is 7.44. The van der Waals surface area contributed by atoms with Gasteiger partial charge in [0.2, 0.25) is 0 Å². The molecule has 0 amide bonds. The van der Waals surface area contributed by atoms with E-state index in [9.17, 15) is 4.39 Å². The van der Waals surface area contributed by atoms with Crippen LogP contribution >= 0.6 is 39.9 Å². The minimum atomic E-state index is -0.424. The van der Waals surface area contributed by atoms with Crippen molar-refractivity contribution < 1.29 is 4.39 Å². The Kier molecular flexibility index (Phi) is 5.56. The molecule has 0 radical (unpaired) electrons. The van der Waals surface area contributed by atoms with Gasteiger partial charge in [-0.3, -0.25) is 9.56 Å². The second-order valence-electron chi connectivity index (χ2n) is 4.43. The predicted octanol–water partition coefficient (Wildman–Crippen LogP) is 5.11. The summed E-state index contributed by atoms with van der Waals surface area (Å²) in [7, 11) is 1.74. The summed E-state index contributed by atoms with van der Waals surface area (Å²) in [5, 5.41) is 2.14. The van der Waals surface area contributed by atoms with Crippen molar-refractivity contribution in [1.29, 1.82) is 0 Å². The predicted molar refractivity (Wildman–Crippen MR) is 95.9 cm³/mol. The van der Waals surface area contributed by atoms with Gasteiger partial charge in [0.25, 0.3) is 0 Å². The Morgan fingerprint density at radius 2 is 1.86 bits per heavy atom. The van der Waals surface area contributed by atoms with Crippen LogP contribution in [0.3, 0.4) is 0 Å². The molecular weight excluding hydrogens is 387 g/mol. The Bertz CT molecular complexity index is 843. The molecule has 2 aromatic carbocycles. The number of nitrogens with zero attached hydrogens (tertiary/aromatic N) is 2. The molecular formula is C16H13BrClFN2S. The van der Waals surface area contributed by atoms with Gasteiger partial charge < -0.3 is 0 Å². The molecule has 0 saturated heterocycles. The average Bonchev–Trinajstić information content (AvgIpc) is 2.95. The summed E-state index contributed by atoms with van der Waals surface area (Å²) in [6.07, 6.45) is 0. The van der Waals surface area contributed by atoms with Crippen LogP contribution in [0.5, 0.6) is 0 Å². The van der Waals surface area contributed by atoms with Crippen LogP contribution in [0.4, 0.5) is 4.39 Å². The highest BCUT2D eigenvalue weighted by Crippen LogP contribution is 2.25. The molecule has 22 heavy (non-hydrogen) atoms. The summed E-state index contributed by atoms with van der Waals surface area (Å²) < 4.78 is 15.4. The van der Waals surface area contributed by atoms with Gasteiger partial charge in [-0.25, -0.2) is 4.39 Å². The van der Waals surface area contributed by atoms with E-state index in [1.807, 2.05) is 40.3 Å². The number of aromatic nitrogens is 1. The van der Waals surface area contributed by atoms with Crippen LogP contribution in [0, 0.1) is 5.82 Å². The zero-order chi connectivity index (χ0) is 14.8. The van der Waals surface area contributed by atoms with E-state index in [1.54, 1.807) is 19.2 Å². The topological polar surface area (TPSA) is 17.3 Å². The Morgan fingerprint density at radius 3 is 2.50 bits per heavy atom. The molecule has 3 aromatic rings. The smallest absolute Gasteiger partial charge is 0.189 e. The third-order valence-corrected chi connectivity index (χ3v) is 4.34. The molecule has 0 fully saturated rings. The van der Waals surface area contributed by atoms with E-state index in [0.717, 1.165) is 21.7 Å². The summed E-state index contributed by atoms with van der Waals surface area (Å²) in [5.74, 6) is -0.424. The minimum absolute atomic E-state index is 0. The quantitative estimate of drug-likeness (QED) is 0.570. The Hall–Kier alpha value is -1.43. The van der Waals surface area contributed by atoms with Crippen molar-refractivity contribution in [1.82, 2.24) is 4.57 Å². The molecule has 3 rings (SSSR count). The molecule has 0 unspecified atom stereocenters. The molecule has 1 heterocycles. The molecule has 6 heteroatoms. The van der Waals surface area contributed by atoms with Crippen molar-refractivity contribution in [3.63, 3.8) is 0 Å². The lowest BCUT2D eigenvalue weighted by Gasteiger charge is -2.10. The van der Waals surface area contributed by atoms with E-state index < -0.39 is 5.82 Å². The fourth-order valence-corrected chi connectivity index (χ4v) is 3.20. The lowest BCUT2D eigenvalue weighted by Crippen LogP contribution is -2.13. The second-order valence-corrected chi connectivity index (χ2v) is 5.67. The van der Waals surface area contributed by atoms with Gasteiger partial charge >= 0.3 is 0 Å². The first-order valence-electron chi connectivity index (χ1n) is 6.35. The Labute approximate surface area is 147 Å². The van der Waals surface area contributed by atoms with Gasteiger partial charge in [-0.1, -0.05) is 41.9 Å². The van der Waals surface area contributed by atoms with Gasteiger partial charge in [0, 0.05) is 12.4 Å². The van der Waals surface area contributed by atoms with E-state index in [2.05, 4.69) is 4.99 Å². The number of thiazole rings is 1. The molecule has 0 aliphatic carbocycles. The van der Waals surface area contributed by atoms with Crippen molar-refractivity contribution in [2.45, 2.75) is 0 Å². The SMILES string of the molecule is Br.CN=c1scc(-c2ccccc2)n1-c1ccc(F)c(Cl)c1. The maximum Gasteiger partial charge on any atom is 0.189 e. The maximum absolute atomic E-state index is 13.4. The molecule has 0 N–H and O–H groups in total. The monoisotopic (exact) mass is 398 g/mol. The summed E-state index contributed by atoms with van der Waals surface area (Å²) in [4.78, 5) is 5.12. The maximum atomic E-state index is 13.4. The van der Waals surface area contributed by atoms with Crippen molar-refractivity contribution in [2.24, 2.45) is 4.99 Å². The van der Waals surface area contributed by atoms with Gasteiger partial charge in [0.15, 0.2) is 4.80 Å². The van der Waals surface area contributed by atoms with Crippen molar-refractivity contribution in [3.8, 4) is 16.9 Å². The zero-order valence-electron chi connectivity index (χ0n) is 11.7. The average molecular weight is 400 g/mol. The third kappa shape index (κ3) is 3.16. The van der Waals surface area contributed by atoms with Crippen LogP contribution in [-0.4, -0.2) is 11.6 Å². The molecule has 0 atom stereocenters. The van der Waals surface area contributed by atoms with Crippen LogP contribution in [0.15, 0.2) is 58.9 Å². The fourth-order valence-electron chi connectivity index (χ4n) is 2.15. The molecule has 0 aliphatic rings. The summed E-state index contributed by atoms with van der Waals surface area (Å²) in [6, 6.07) is 14.7. The molecule has 1 aromatic heterocycles. The number of hydrogen-bond acceptors (Lipinski definition) is 2. The Balaban J connectivity index is 0.00000176. The number of halogens is 3. The van der Waals surface area contributed by atoms with Gasteiger partial charge in [0.05, 0.1) is 16.4 Å². The van der Waals surface area contributed by atoms with E-state index in [4.69, 9.17) is 11.6 Å². The Morgan fingerprint density at radius 1 is 1.14 bits per heavy atom. The minimum Gasteiger partial charge on any atom is -0.285 e. The second kappa shape index (κ2) is 7.22. The van der Waals surface area contributed by atoms with Gasteiger partial charge in [-0.2, -0.15) is 0 Å². The summed E-state index contributed by atoms with van der Waals surface area (Å²) in [5.41, 5.74) is 2.87. The highest BCUT2D eigenvalue weighted by Gasteiger charge is 2.11. The van der Waals surface area contributed by atoms with Gasteiger partial charge in [-0.15, -0.1) is 28.3 Å². The first-order valence-corrected chi connectivity index (χ1v) is 7.60. The van der Waals surface area contributed by atoms with E-state index in [1.165, 1.54) is 17.4 Å². The zero-order valence-corrected chi connectivity index (χ0v) is 14.9. The van der Waals surface area contributed by atoms with Crippen molar-refractivity contribution in [2.75, 3.05) is 7.05 Å². The van der Waals surface area contributed by atoms with Crippen LogP contribution in [0.25, 0.3) is 16.9 Å². The van der Waals surface area contributed by atoms with Crippen LogP contribution in [0.2, 0.25) is 5.02 Å². The molecule has 2 nitrogen and oxygen atoms in total. The first kappa shape index (κ1) is 16.9. The van der Waals surface area contributed by atoms with Gasteiger partial charge in [0.1, 0.15) is 5.82 Å². The fraction of sp³-hybridized carbons (Fsp3) is 0.0625. The van der Waals surface area contributed by atoms with E-state index in [-0.39, 0.29) is 22.0 Å². The van der Waals surface area contributed by atoms with E-state index in [0.29, 0.717) is 0 Å². The van der Waals surface area contributed by atoms with Gasteiger partial charge in [-0.05, 0) is 23.8 Å². The molecule has 0 bridgehead atoms. The van der Waals surface area contributed by atoms with Crippen molar-refractivity contribution >= 4 is 39.9 Å². The van der Waals surface area contributed by atoms with Crippen LogP contribution in [0.1, 0.15) is 0 Å². The highest BCUT2D eigenvalue weighted by atomic mass is 79.9. The summed E-state index contributed by atoms with van der Waals surface area (Å²) in [6.45, 7) is 0. The standard InChI is InChI=1S/C16H12ClFN2S.BrH/c1-19-16-20(12-7-8-14(18)13(17)9-12)15(10-21-16)11-5-3-2-4-6-11;/h2-10H,1H3;1H. The lowest BCUT2D eigenvalue weighted by atomic mass is 10.1.